The van der Waals surface area contributed by atoms with E-state index >= 15 is 0 Å². The smallest absolute Gasteiger partial charge is 0.252 e. The van der Waals surface area contributed by atoms with E-state index in [-0.39, 0.29) is 6.04 Å². The number of ether oxygens (including phenoxy) is 3. The van der Waals surface area contributed by atoms with Crippen molar-refractivity contribution in [3.8, 4) is 22.9 Å². The maximum Gasteiger partial charge on any atom is 0.252 e. The molecular weight excluding hydrogens is 438 g/mol. The summed E-state index contributed by atoms with van der Waals surface area (Å²) in [5, 5.41) is 4.46. The summed E-state index contributed by atoms with van der Waals surface area (Å²) in [6, 6.07) is 10.2. The van der Waals surface area contributed by atoms with Crippen molar-refractivity contribution in [2.24, 2.45) is 7.05 Å². The Morgan fingerprint density at radius 1 is 1.24 bits per heavy atom. The molecule has 4 aromatic rings. The van der Waals surface area contributed by atoms with E-state index in [0.29, 0.717) is 25.7 Å². The molecule has 0 radical (unpaired) electrons. The molecule has 0 saturated carbocycles. The van der Waals surface area contributed by atoms with Gasteiger partial charge in [0.25, 0.3) is 5.88 Å². The Morgan fingerprint density at radius 3 is 2.76 bits per heavy atom. The highest BCUT2D eigenvalue weighted by Gasteiger charge is 2.25. The van der Waals surface area contributed by atoms with Crippen LogP contribution in [-0.4, -0.2) is 52.0 Å². The highest BCUT2D eigenvalue weighted by molar-refractivity contribution is 7.14. The zero-order chi connectivity index (χ0) is 22.9. The van der Waals surface area contributed by atoms with Gasteiger partial charge in [-0.1, -0.05) is 12.1 Å². The van der Waals surface area contributed by atoms with Gasteiger partial charge in [0.1, 0.15) is 23.7 Å². The van der Waals surface area contributed by atoms with Crippen LogP contribution in [0.5, 0.6) is 11.6 Å². The third-order valence-electron chi connectivity index (χ3n) is 5.96. The fourth-order valence-electron chi connectivity index (χ4n) is 4.18. The Bertz CT molecular complexity index is 1250. The van der Waals surface area contributed by atoms with Crippen molar-refractivity contribution in [3.05, 3.63) is 47.7 Å². The van der Waals surface area contributed by atoms with E-state index in [9.17, 15) is 0 Å². The van der Waals surface area contributed by atoms with Gasteiger partial charge in [-0.05, 0) is 54.7 Å². The lowest BCUT2D eigenvalue weighted by Crippen LogP contribution is -2.44. The normalized spacial score (nSPS) is 16.4. The van der Waals surface area contributed by atoms with E-state index in [2.05, 4.69) is 34.3 Å². The van der Waals surface area contributed by atoms with Crippen LogP contribution in [0.25, 0.3) is 21.5 Å². The van der Waals surface area contributed by atoms with Gasteiger partial charge in [0, 0.05) is 19.2 Å². The second-order valence-electron chi connectivity index (χ2n) is 8.25. The first-order chi connectivity index (χ1) is 16.0. The summed E-state index contributed by atoms with van der Waals surface area (Å²) in [4.78, 5) is 7.32. The molecule has 0 bridgehead atoms. The highest BCUT2D eigenvalue weighted by atomic mass is 32.1. The average molecular weight is 466 g/mol. The van der Waals surface area contributed by atoms with E-state index in [4.69, 9.17) is 19.2 Å². The minimum Gasteiger partial charge on any atom is -0.497 e. The average Bonchev–Trinajstić information content (AvgIpc) is 3.40. The lowest BCUT2D eigenvalue weighted by Gasteiger charge is -2.34. The number of nitrogens with zero attached hydrogens (tertiary/aromatic N) is 5. The number of rotatable bonds is 6. The number of morpholine rings is 1. The standard InChI is InChI=1S/C24H27N5O3S/c1-15-12-25-28(3)22(15)19-11-20(29-9-10-31-13-16(29)2)26-21-23(19)33-27-24(21)32-14-17-5-7-18(30-4)8-6-17/h5-8,11-12,16H,9-10,13-14H2,1-4H3/t16-/m1/s1. The van der Waals surface area contributed by atoms with Gasteiger partial charge in [0.2, 0.25) is 0 Å². The van der Waals surface area contributed by atoms with E-state index in [1.54, 1.807) is 7.11 Å². The van der Waals surface area contributed by atoms with Crippen LogP contribution in [0.2, 0.25) is 0 Å². The second-order valence-corrected chi connectivity index (χ2v) is 9.02. The van der Waals surface area contributed by atoms with Gasteiger partial charge in [0.15, 0.2) is 0 Å². The second kappa shape index (κ2) is 8.99. The first-order valence-electron chi connectivity index (χ1n) is 10.9. The molecule has 8 nitrogen and oxygen atoms in total. The minimum atomic E-state index is 0.236. The Kier molecular flexibility index (Phi) is 5.90. The number of hydrogen-bond acceptors (Lipinski definition) is 8. The topological polar surface area (TPSA) is 74.5 Å². The molecule has 0 amide bonds. The summed E-state index contributed by atoms with van der Waals surface area (Å²) in [6.45, 7) is 6.81. The number of benzene rings is 1. The summed E-state index contributed by atoms with van der Waals surface area (Å²) >= 11 is 1.41. The third-order valence-corrected chi connectivity index (χ3v) is 6.81. The number of methoxy groups -OCH3 is 1. The molecule has 0 spiro atoms. The van der Waals surface area contributed by atoms with Gasteiger partial charge in [0.05, 0.1) is 43.0 Å². The summed E-state index contributed by atoms with van der Waals surface area (Å²) in [7, 11) is 3.63. The lowest BCUT2D eigenvalue weighted by molar-refractivity contribution is 0.0986. The minimum absolute atomic E-state index is 0.236. The predicted molar refractivity (Wildman–Crippen MR) is 129 cm³/mol. The fraction of sp³-hybridized carbons (Fsp3) is 0.375. The molecule has 1 aliphatic heterocycles. The Labute approximate surface area is 196 Å². The van der Waals surface area contributed by atoms with Crippen LogP contribution >= 0.6 is 11.5 Å². The number of fused-ring (bicyclic) bond motifs is 1. The van der Waals surface area contributed by atoms with Crippen molar-refractivity contribution in [1.29, 1.82) is 0 Å². The van der Waals surface area contributed by atoms with E-state index in [0.717, 1.165) is 50.7 Å². The van der Waals surface area contributed by atoms with Crippen molar-refractivity contribution in [1.82, 2.24) is 19.1 Å². The van der Waals surface area contributed by atoms with Gasteiger partial charge < -0.3 is 19.1 Å². The molecule has 1 saturated heterocycles. The maximum atomic E-state index is 6.15. The van der Waals surface area contributed by atoms with Gasteiger partial charge >= 0.3 is 0 Å². The molecule has 33 heavy (non-hydrogen) atoms. The highest BCUT2D eigenvalue weighted by Crippen LogP contribution is 2.39. The largest absolute Gasteiger partial charge is 0.497 e. The van der Waals surface area contributed by atoms with Crippen LogP contribution in [0.4, 0.5) is 5.82 Å². The van der Waals surface area contributed by atoms with Crippen LogP contribution in [0, 0.1) is 6.92 Å². The number of aromatic nitrogens is 4. The van der Waals surface area contributed by atoms with Crippen LogP contribution in [-0.2, 0) is 18.4 Å². The first-order valence-corrected chi connectivity index (χ1v) is 11.7. The van der Waals surface area contributed by atoms with Gasteiger partial charge in [-0.2, -0.15) is 9.47 Å². The van der Waals surface area contributed by atoms with Crippen LogP contribution in [0.1, 0.15) is 18.1 Å². The molecule has 172 valence electrons. The number of hydrogen-bond donors (Lipinski definition) is 0. The van der Waals surface area contributed by atoms with E-state index < -0.39 is 0 Å². The van der Waals surface area contributed by atoms with E-state index in [1.807, 2.05) is 42.2 Å². The molecule has 1 fully saturated rings. The van der Waals surface area contributed by atoms with E-state index in [1.165, 1.54) is 11.5 Å². The van der Waals surface area contributed by atoms with Crippen molar-refractivity contribution < 1.29 is 14.2 Å². The number of pyridine rings is 1. The molecule has 4 heterocycles. The van der Waals surface area contributed by atoms with Crippen molar-refractivity contribution in [2.45, 2.75) is 26.5 Å². The van der Waals surface area contributed by atoms with Crippen molar-refractivity contribution in [2.75, 3.05) is 31.8 Å². The van der Waals surface area contributed by atoms with Crippen molar-refractivity contribution >= 4 is 27.6 Å². The SMILES string of the molecule is COc1ccc(COc2nsc3c(-c4c(C)cnn4C)cc(N4CCOC[C@H]4C)nc23)cc1. The molecule has 3 aromatic heterocycles. The summed E-state index contributed by atoms with van der Waals surface area (Å²) in [5.41, 5.74) is 5.07. The molecule has 1 aliphatic rings. The molecule has 9 heteroatoms. The number of anilines is 1. The number of aryl methyl sites for hydroxylation is 2. The molecule has 5 rings (SSSR count). The Hall–Kier alpha value is -3.17. The molecule has 0 aliphatic carbocycles. The molecule has 0 N–H and O–H groups in total. The van der Waals surface area contributed by atoms with Crippen LogP contribution in [0.3, 0.4) is 0 Å². The zero-order valence-corrected chi connectivity index (χ0v) is 20.1. The zero-order valence-electron chi connectivity index (χ0n) is 19.2. The van der Waals surface area contributed by atoms with Gasteiger partial charge in [-0.25, -0.2) is 4.98 Å². The quantitative estimate of drug-likeness (QED) is 0.422. The summed E-state index contributed by atoms with van der Waals surface area (Å²) in [5.74, 6) is 2.28. The monoisotopic (exact) mass is 465 g/mol. The molecule has 0 unspecified atom stereocenters. The van der Waals surface area contributed by atoms with Crippen LogP contribution in [0.15, 0.2) is 36.5 Å². The summed E-state index contributed by atoms with van der Waals surface area (Å²) in [6.07, 6.45) is 1.89. The summed E-state index contributed by atoms with van der Waals surface area (Å²) < 4.78 is 24.6. The molecule has 1 atom stereocenters. The Morgan fingerprint density at radius 2 is 2.06 bits per heavy atom. The third kappa shape index (κ3) is 4.14. The van der Waals surface area contributed by atoms with Crippen LogP contribution < -0.4 is 14.4 Å². The Balaban J connectivity index is 1.56. The van der Waals surface area contributed by atoms with Gasteiger partial charge in [-0.3, -0.25) is 4.68 Å². The predicted octanol–water partition coefficient (Wildman–Crippen LogP) is 4.21. The van der Waals surface area contributed by atoms with Gasteiger partial charge in [-0.15, -0.1) is 0 Å². The molecular formula is C24H27N5O3S. The lowest BCUT2D eigenvalue weighted by atomic mass is 10.1. The maximum absolute atomic E-state index is 6.15. The molecule has 1 aromatic carbocycles. The fourth-order valence-corrected chi connectivity index (χ4v) is 4.97. The first kappa shape index (κ1) is 21.7. The van der Waals surface area contributed by atoms with Crippen molar-refractivity contribution in [3.63, 3.8) is 0 Å².